The van der Waals surface area contributed by atoms with Crippen LogP contribution < -0.4 is 15.6 Å². The second kappa shape index (κ2) is 8.45. The third-order valence-electron chi connectivity index (χ3n) is 5.87. The first-order chi connectivity index (χ1) is 16.1. The van der Waals surface area contributed by atoms with E-state index in [4.69, 9.17) is 16.3 Å². The first kappa shape index (κ1) is 20.8. The van der Waals surface area contributed by atoms with E-state index < -0.39 is 5.82 Å². The molecule has 1 aliphatic heterocycles. The van der Waals surface area contributed by atoms with E-state index in [9.17, 15) is 9.18 Å². The Morgan fingerprint density at radius 2 is 2.03 bits per heavy atom. The SMILES string of the molecule is [C-]#[N+]c1cc(-c2ccncc2)c2nc([C@@H]3CCCN3)n(-c3ccc(OC)c(F)c3)c(=O)c2c1. The van der Waals surface area contributed by atoms with Crippen molar-refractivity contribution in [3.63, 3.8) is 0 Å². The highest BCUT2D eigenvalue weighted by Gasteiger charge is 2.25. The average Bonchev–Trinajstić information content (AvgIpc) is 3.39. The van der Waals surface area contributed by atoms with Crippen molar-refractivity contribution in [2.24, 2.45) is 0 Å². The maximum Gasteiger partial charge on any atom is 0.264 e. The summed E-state index contributed by atoms with van der Waals surface area (Å²) in [5.74, 6) is 0.0384. The molecule has 164 valence electrons. The monoisotopic (exact) mass is 441 g/mol. The third-order valence-corrected chi connectivity index (χ3v) is 5.87. The van der Waals surface area contributed by atoms with Gasteiger partial charge in [-0.2, -0.15) is 0 Å². The number of pyridine rings is 1. The molecule has 1 saturated heterocycles. The van der Waals surface area contributed by atoms with Crippen LogP contribution >= 0.6 is 0 Å². The van der Waals surface area contributed by atoms with Crippen LogP contribution in [0.1, 0.15) is 24.7 Å². The summed E-state index contributed by atoms with van der Waals surface area (Å²) in [6.45, 7) is 8.34. The smallest absolute Gasteiger partial charge is 0.264 e. The Bertz CT molecular complexity index is 1450. The van der Waals surface area contributed by atoms with Gasteiger partial charge in [0.1, 0.15) is 5.82 Å². The van der Waals surface area contributed by atoms with Gasteiger partial charge in [0, 0.05) is 18.5 Å². The van der Waals surface area contributed by atoms with Crippen LogP contribution in [0.25, 0.3) is 32.6 Å². The number of rotatable bonds is 4. The molecule has 0 amide bonds. The van der Waals surface area contributed by atoms with Crippen LogP contribution in [0.4, 0.5) is 10.1 Å². The Labute approximate surface area is 189 Å². The van der Waals surface area contributed by atoms with Crippen molar-refractivity contribution in [1.82, 2.24) is 19.9 Å². The molecule has 1 fully saturated rings. The molecular weight excluding hydrogens is 421 g/mol. The van der Waals surface area contributed by atoms with E-state index in [1.54, 1.807) is 30.6 Å². The lowest BCUT2D eigenvalue weighted by molar-refractivity contribution is 0.386. The molecular formula is C25H20FN5O2. The van der Waals surface area contributed by atoms with Crippen molar-refractivity contribution < 1.29 is 9.13 Å². The molecule has 7 nitrogen and oxygen atoms in total. The topological polar surface area (TPSA) is 73.4 Å². The summed E-state index contributed by atoms with van der Waals surface area (Å²) in [7, 11) is 1.39. The molecule has 0 saturated carbocycles. The van der Waals surface area contributed by atoms with Gasteiger partial charge in [0.05, 0.1) is 36.3 Å². The standard InChI is InChI=1S/C25H20FN5O2/c1-27-16-12-18(15-7-10-28-11-8-15)23-19(13-16)25(32)31(24(30-23)21-4-3-9-29-21)17-5-6-22(33-2)20(26)14-17/h5-8,10-14,21,29H,3-4,9H2,2H3/t21-/m0/s1. The fourth-order valence-corrected chi connectivity index (χ4v) is 4.29. The summed E-state index contributed by atoms with van der Waals surface area (Å²) < 4.78 is 21.0. The highest BCUT2D eigenvalue weighted by molar-refractivity contribution is 5.96. The Morgan fingerprint density at radius 1 is 1.21 bits per heavy atom. The van der Waals surface area contributed by atoms with Crippen molar-refractivity contribution in [1.29, 1.82) is 0 Å². The number of hydrogen-bond acceptors (Lipinski definition) is 5. The number of hydrogen-bond donors (Lipinski definition) is 1. The van der Waals surface area contributed by atoms with Crippen LogP contribution in [0.5, 0.6) is 5.75 Å². The number of ether oxygens (including phenoxy) is 1. The van der Waals surface area contributed by atoms with Crippen LogP contribution in [-0.4, -0.2) is 28.2 Å². The van der Waals surface area contributed by atoms with Gasteiger partial charge >= 0.3 is 0 Å². The highest BCUT2D eigenvalue weighted by Crippen LogP contribution is 2.33. The summed E-state index contributed by atoms with van der Waals surface area (Å²) in [5.41, 5.74) is 2.33. The molecule has 0 radical (unpaired) electrons. The fourth-order valence-electron chi connectivity index (χ4n) is 4.29. The predicted molar refractivity (Wildman–Crippen MR) is 123 cm³/mol. The number of nitrogens with zero attached hydrogens (tertiary/aromatic N) is 4. The summed E-state index contributed by atoms with van der Waals surface area (Å²) in [4.78, 5) is 26.4. The molecule has 33 heavy (non-hydrogen) atoms. The molecule has 0 aliphatic carbocycles. The van der Waals surface area contributed by atoms with Gasteiger partial charge in [-0.05, 0) is 66.9 Å². The van der Waals surface area contributed by atoms with Crippen LogP contribution in [0, 0.1) is 12.4 Å². The van der Waals surface area contributed by atoms with E-state index in [0.717, 1.165) is 24.9 Å². The lowest BCUT2D eigenvalue weighted by Crippen LogP contribution is -2.29. The lowest BCUT2D eigenvalue weighted by atomic mass is 10.0. The van der Waals surface area contributed by atoms with E-state index in [-0.39, 0.29) is 17.4 Å². The Kier molecular flexibility index (Phi) is 5.32. The molecule has 1 N–H and O–H groups in total. The van der Waals surface area contributed by atoms with Gasteiger partial charge in [0.15, 0.2) is 17.3 Å². The molecule has 1 aliphatic rings. The zero-order chi connectivity index (χ0) is 22.9. The second-order valence-electron chi connectivity index (χ2n) is 7.82. The molecule has 3 heterocycles. The van der Waals surface area contributed by atoms with Crippen molar-refractivity contribution >= 4 is 16.6 Å². The largest absolute Gasteiger partial charge is 0.494 e. The van der Waals surface area contributed by atoms with Crippen LogP contribution in [0.3, 0.4) is 0 Å². The number of methoxy groups -OCH3 is 1. The van der Waals surface area contributed by atoms with Gasteiger partial charge in [-0.15, -0.1) is 0 Å². The fraction of sp³-hybridized carbons (Fsp3) is 0.200. The quantitative estimate of drug-likeness (QED) is 0.470. The van der Waals surface area contributed by atoms with E-state index >= 15 is 0 Å². The number of aromatic nitrogens is 3. The Hall–Kier alpha value is -4.09. The molecule has 1 atom stereocenters. The number of halogens is 1. The zero-order valence-corrected chi connectivity index (χ0v) is 17.9. The van der Waals surface area contributed by atoms with Crippen molar-refractivity contribution in [2.45, 2.75) is 18.9 Å². The van der Waals surface area contributed by atoms with Gasteiger partial charge in [-0.1, -0.05) is 0 Å². The number of fused-ring (bicyclic) bond motifs is 1. The summed E-state index contributed by atoms with van der Waals surface area (Å²) in [6.07, 6.45) is 5.07. The summed E-state index contributed by atoms with van der Waals surface area (Å²) in [5, 5.41) is 3.69. The van der Waals surface area contributed by atoms with Crippen LogP contribution in [0.15, 0.2) is 59.7 Å². The van der Waals surface area contributed by atoms with E-state index in [2.05, 4.69) is 15.1 Å². The molecule has 2 aromatic heterocycles. The van der Waals surface area contributed by atoms with Gasteiger partial charge in [-0.25, -0.2) is 14.2 Å². The van der Waals surface area contributed by atoms with Gasteiger partial charge < -0.3 is 10.1 Å². The highest BCUT2D eigenvalue weighted by atomic mass is 19.1. The maximum absolute atomic E-state index is 14.6. The van der Waals surface area contributed by atoms with Crippen molar-refractivity contribution in [3.05, 3.63) is 88.3 Å². The minimum Gasteiger partial charge on any atom is -0.494 e. The van der Waals surface area contributed by atoms with Gasteiger partial charge in [0.25, 0.3) is 5.56 Å². The van der Waals surface area contributed by atoms with Crippen LogP contribution in [-0.2, 0) is 0 Å². The van der Waals surface area contributed by atoms with Crippen molar-refractivity contribution in [3.8, 4) is 22.6 Å². The average molecular weight is 441 g/mol. The number of benzene rings is 2. The normalized spacial score (nSPS) is 15.5. The van der Waals surface area contributed by atoms with E-state index in [1.807, 2.05) is 12.1 Å². The molecule has 2 aromatic carbocycles. The molecule has 8 heteroatoms. The minimum atomic E-state index is -0.570. The predicted octanol–water partition coefficient (Wildman–Crippen LogP) is 4.57. The van der Waals surface area contributed by atoms with Crippen LogP contribution in [0.2, 0.25) is 0 Å². The molecule has 0 spiro atoms. The van der Waals surface area contributed by atoms with Crippen molar-refractivity contribution in [2.75, 3.05) is 13.7 Å². The molecule has 0 unspecified atom stereocenters. The van der Waals surface area contributed by atoms with Gasteiger partial charge in [0.2, 0.25) is 0 Å². The zero-order valence-electron chi connectivity index (χ0n) is 17.9. The maximum atomic E-state index is 14.6. The lowest BCUT2D eigenvalue weighted by Gasteiger charge is -2.20. The Morgan fingerprint density at radius 3 is 2.70 bits per heavy atom. The first-order valence-electron chi connectivity index (χ1n) is 10.6. The molecule has 0 bridgehead atoms. The third kappa shape index (κ3) is 3.62. The second-order valence-corrected chi connectivity index (χ2v) is 7.82. The molecule has 5 rings (SSSR count). The van der Waals surface area contributed by atoms with Gasteiger partial charge in [-0.3, -0.25) is 14.3 Å². The number of nitrogens with one attached hydrogen (secondary N) is 1. The summed E-state index contributed by atoms with van der Waals surface area (Å²) in [6, 6.07) is 11.2. The van der Waals surface area contributed by atoms with E-state index in [0.29, 0.717) is 33.7 Å². The Balaban J connectivity index is 1.86. The first-order valence-corrected chi connectivity index (χ1v) is 10.6. The summed E-state index contributed by atoms with van der Waals surface area (Å²) >= 11 is 0. The molecule has 4 aromatic rings. The van der Waals surface area contributed by atoms with E-state index in [1.165, 1.54) is 23.8 Å². The minimum absolute atomic E-state index is 0.0938.